The van der Waals surface area contributed by atoms with Crippen molar-refractivity contribution in [2.75, 3.05) is 32.9 Å². The topological polar surface area (TPSA) is 74.3 Å². The molecule has 3 saturated carbocycles. The van der Waals surface area contributed by atoms with Gasteiger partial charge < -0.3 is 23.8 Å². The first kappa shape index (κ1) is 31.1. The van der Waals surface area contributed by atoms with Gasteiger partial charge in [0.15, 0.2) is 5.79 Å². The second-order valence-corrected chi connectivity index (χ2v) is 16.5. The monoisotopic (exact) mass is 631 g/mol. The predicted octanol–water partition coefficient (Wildman–Crippen LogP) is 7.05. The lowest BCUT2D eigenvalue weighted by Crippen LogP contribution is -2.52. The van der Waals surface area contributed by atoms with Crippen LogP contribution in [0.1, 0.15) is 106 Å². The smallest absolute Gasteiger partial charge is 0.339 e. The molecule has 1 spiro atoms. The van der Waals surface area contributed by atoms with Gasteiger partial charge in [-0.2, -0.15) is 0 Å². The number of rotatable bonds is 3. The molecule has 46 heavy (non-hydrogen) atoms. The maximum atomic E-state index is 13.5. The summed E-state index contributed by atoms with van der Waals surface area (Å²) in [6.07, 6.45) is 12.5. The van der Waals surface area contributed by atoms with Crippen molar-refractivity contribution >= 4 is 11.9 Å². The second kappa shape index (κ2) is 11.4. The highest BCUT2D eigenvalue weighted by Gasteiger charge is 2.68. The van der Waals surface area contributed by atoms with Gasteiger partial charge in [0, 0.05) is 31.8 Å². The van der Waals surface area contributed by atoms with Crippen LogP contribution in [0.25, 0.3) is 0 Å². The third kappa shape index (κ3) is 4.76. The fourth-order valence-electron chi connectivity index (χ4n) is 11.7. The third-order valence-corrected chi connectivity index (χ3v) is 14.3. The number of carbonyl (C=O) groups is 2. The first-order valence-electron chi connectivity index (χ1n) is 18.3. The maximum absolute atomic E-state index is 13.5. The van der Waals surface area contributed by atoms with Gasteiger partial charge in [-0.25, -0.2) is 4.79 Å². The number of esters is 1. The summed E-state index contributed by atoms with van der Waals surface area (Å²) in [6.45, 7) is 12.8. The van der Waals surface area contributed by atoms with Crippen molar-refractivity contribution in [3.05, 3.63) is 47.0 Å². The zero-order valence-corrected chi connectivity index (χ0v) is 28.3. The van der Waals surface area contributed by atoms with E-state index in [2.05, 4.69) is 33.8 Å². The molecule has 0 radical (unpaired) electrons. The fraction of sp³-hybridized carbons (Fsp3) is 0.744. The van der Waals surface area contributed by atoms with Crippen molar-refractivity contribution < 1.29 is 28.5 Å². The Balaban J connectivity index is 0.957. The minimum atomic E-state index is -0.380. The molecule has 250 valence electrons. The Labute approximate surface area is 274 Å². The summed E-state index contributed by atoms with van der Waals surface area (Å²) in [6, 6.07) is 7.12. The standard InChI is InChI=1S/C39H53NO6/c1-24-11-16-39(44-23-24)25(2)34-33(46-39)22-32-30-10-9-26-21-27(12-14-37(26,3)31(30)13-15-38(32,34)4)45-36(42)29-8-6-5-7-28(29)35(41)40-17-19-43-20-18-40/h5-9,24-25,27,30-34H,10-23H2,1-4H3/t24-,25+,27+,30-,31+,32+,33+,34+,37+,38+,39-/m1/s1. The zero-order chi connectivity index (χ0) is 31.8. The summed E-state index contributed by atoms with van der Waals surface area (Å²) in [5.74, 6) is 2.85. The van der Waals surface area contributed by atoms with E-state index in [1.807, 2.05) is 12.1 Å². The van der Waals surface area contributed by atoms with Crippen LogP contribution in [0.5, 0.6) is 0 Å². The molecule has 0 bridgehead atoms. The SMILES string of the molecule is C[C@@H]1CC[C@@]2(OC1)O[C@H]1C[C@H]3[C@@H]4CC=C5C[C@@H](OC(=O)c6ccccc6C(=O)N6CCOCC6)CC[C@]5(C)[C@H]4CC[C@]3(C)[C@H]1[C@@H]2C. The van der Waals surface area contributed by atoms with E-state index in [1.165, 1.54) is 31.3 Å². The average molecular weight is 632 g/mol. The quantitative estimate of drug-likeness (QED) is 0.263. The third-order valence-electron chi connectivity index (χ3n) is 14.3. The number of fused-ring (bicyclic) bond motifs is 7. The van der Waals surface area contributed by atoms with Crippen molar-refractivity contribution in [1.82, 2.24) is 4.90 Å². The van der Waals surface area contributed by atoms with E-state index >= 15 is 0 Å². The molecule has 1 aromatic rings. The molecule has 4 aliphatic carbocycles. The van der Waals surface area contributed by atoms with E-state index < -0.39 is 0 Å². The molecule has 8 rings (SSSR count). The zero-order valence-electron chi connectivity index (χ0n) is 28.3. The van der Waals surface area contributed by atoms with Gasteiger partial charge in [0.25, 0.3) is 5.91 Å². The molecule has 3 aliphatic heterocycles. The Bertz CT molecular complexity index is 1390. The van der Waals surface area contributed by atoms with Crippen LogP contribution in [0.2, 0.25) is 0 Å². The van der Waals surface area contributed by atoms with Gasteiger partial charge in [0.1, 0.15) is 6.10 Å². The highest BCUT2D eigenvalue weighted by Crippen LogP contribution is 2.70. The van der Waals surface area contributed by atoms with Crippen LogP contribution in [0.3, 0.4) is 0 Å². The predicted molar refractivity (Wildman–Crippen MR) is 174 cm³/mol. The first-order valence-corrected chi connectivity index (χ1v) is 18.3. The minimum Gasteiger partial charge on any atom is -0.458 e. The van der Waals surface area contributed by atoms with Crippen LogP contribution in [-0.4, -0.2) is 67.7 Å². The Kier molecular flexibility index (Phi) is 7.73. The summed E-state index contributed by atoms with van der Waals surface area (Å²) in [4.78, 5) is 28.6. The van der Waals surface area contributed by atoms with Crippen LogP contribution in [0.15, 0.2) is 35.9 Å². The number of ether oxygens (including phenoxy) is 4. The second-order valence-electron chi connectivity index (χ2n) is 16.5. The largest absolute Gasteiger partial charge is 0.458 e. The van der Waals surface area contributed by atoms with Gasteiger partial charge >= 0.3 is 5.97 Å². The molecule has 7 heteroatoms. The van der Waals surface area contributed by atoms with Crippen molar-refractivity contribution in [1.29, 1.82) is 0 Å². The van der Waals surface area contributed by atoms with Crippen molar-refractivity contribution in [3.63, 3.8) is 0 Å². The number of nitrogens with zero attached hydrogens (tertiary/aromatic N) is 1. The van der Waals surface area contributed by atoms with E-state index in [9.17, 15) is 9.59 Å². The van der Waals surface area contributed by atoms with Crippen LogP contribution in [0, 0.1) is 46.3 Å². The molecule has 0 unspecified atom stereocenters. The Morgan fingerprint density at radius 2 is 1.74 bits per heavy atom. The molecule has 7 nitrogen and oxygen atoms in total. The highest BCUT2D eigenvalue weighted by atomic mass is 16.7. The lowest BCUT2D eigenvalue weighted by Gasteiger charge is -2.58. The lowest BCUT2D eigenvalue weighted by atomic mass is 9.47. The number of allylic oxidation sites excluding steroid dienone is 1. The van der Waals surface area contributed by atoms with E-state index in [4.69, 9.17) is 18.9 Å². The molecule has 1 amide bonds. The molecule has 1 aromatic carbocycles. The maximum Gasteiger partial charge on any atom is 0.339 e. The number of amides is 1. The van der Waals surface area contributed by atoms with Crippen LogP contribution in [-0.2, 0) is 18.9 Å². The Morgan fingerprint density at radius 3 is 2.50 bits per heavy atom. The van der Waals surface area contributed by atoms with E-state index in [1.54, 1.807) is 17.0 Å². The first-order chi connectivity index (χ1) is 22.1. The fourth-order valence-corrected chi connectivity index (χ4v) is 11.7. The molecule has 3 heterocycles. The summed E-state index contributed by atoms with van der Waals surface area (Å²) < 4.78 is 25.1. The van der Waals surface area contributed by atoms with Crippen molar-refractivity contribution in [3.8, 4) is 0 Å². The van der Waals surface area contributed by atoms with Gasteiger partial charge in [-0.15, -0.1) is 0 Å². The average Bonchev–Trinajstić information content (AvgIpc) is 3.52. The van der Waals surface area contributed by atoms with Crippen LogP contribution in [0.4, 0.5) is 0 Å². The number of hydrogen-bond acceptors (Lipinski definition) is 6. The van der Waals surface area contributed by atoms with Gasteiger partial charge in [-0.1, -0.05) is 51.5 Å². The number of benzene rings is 1. The Morgan fingerprint density at radius 1 is 0.957 bits per heavy atom. The number of hydrogen-bond donors (Lipinski definition) is 0. The molecule has 11 atom stereocenters. The lowest BCUT2D eigenvalue weighted by molar-refractivity contribution is -0.272. The summed E-state index contributed by atoms with van der Waals surface area (Å²) in [7, 11) is 0. The molecule has 3 saturated heterocycles. The van der Waals surface area contributed by atoms with E-state index in [0.29, 0.717) is 84.5 Å². The van der Waals surface area contributed by atoms with Gasteiger partial charge in [-0.05, 0) is 97.5 Å². The Hall–Kier alpha value is -2.22. The molecular weight excluding hydrogens is 578 g/mol. The molecule has 0 aromatic heterocycles. The molecule has 0 N–H and O–H groups in total. The number of morpholine rings is 1. The molecular formula is C39H53NO6. The summed E-state index contributed by atoms with van der Waals surface area (Å²) >= 11 is 0. The van der Waals surface area contributed by atoms with E-state index in [0.717, 1.165) is 38.7 Å². The van der Waals surface area contributed by atoms with Gasteiger partial charge in [0.05, 0.1) is 37.1 Å². The van der Waals surface area contributed by atoms with E-state index in [-0.39, 0.29) is 29.2 Å². The van der Waals surface area contributed by atoms with Crippen molar-refractivity contribution in [2.45, 2.75) is 103 Å². The van der Waals surface area contributed by atoms with Gasteiger partial charge in [-0.3, -0.25) is 4.79 Å². The number of carbonyl (C=O) groups excluding carboxylic acids is 2. The van der Waals surface area contributed by atoms with Gasteiger partial charge in [0.2, 0.25) is 0 Å². The summed E-state index contributed by atoms with van der Waals surface area (Å²) in [5, 5.41) is 0. The van der Waals surface area contributed by atoms with Crippen molar-refractivity contribution in [2.24, 2.45) is 46.3 Å². The molecule has 6 fully saturated rings. The van der Waals surface area contributed by atoms with Crippen LogP contribution < -0.4 is 0 Å². The van der Waals surface area contributed by atoms with Crippen LogP contribution >= 0.6 is 0 Å². The normalized spacial score (nSPS) is 44.9. The molecule has 7 aliphatic rings. The highest BCUT2D eigenvalue weighted by molar-refractivity contribution is 6.05. The summed E-state index contributed by atoms with van der Waals surface area (Å²) in [5.41, 5.74) is 2.75. The minimum absolute atomic E-state index is 0.121.